The first-order valence-electron chi connectivity index (χ1n) is 6.94. The molecule has 7 nitrogen and oxygen atoms in total. The van der Waals surface area contributed by atoms with Gasteiger partial charge in [0.05, 0.1) is 7.11 Å². The largest absolute Gasteiger partial charge is 0.480 e. The lowest BCUT2D eigenvalue weighted by atomic mass is 9.81. The third-order valence-electron chi connectivity index (χ3n) is 3.74. The van der Waals surface area contributed by atoms with Crippen LogP contribution in [0.15, 0.2) is 0 Å². The van der Waals surface area contributed by atoms with Gasteiger partial charge in [-0.3, -0.25) is 4.79 Å². The summed E-state index contributed by atoms with van der Waals surface area (Å²) in [6, 6.07) is -1.67. The van der Waals surface area contributed by atoms with Crippen LogP contribution in [0.5, 0.6) is 0 Å². The Kier molecular flexibility index (Phi) is 7.76. The first-order chi connectivity index (χ1) is 9.60. The van der Waals surface area contributed by atoms with Gasteiger partial charge in [0.1, 0.15) is 6.04 Å². The highest BCUT2D eigenvalue weighted by Gasteiger charge is 2.25. The molecule has 122 valence electrons. The van der Waals surface area contributed by atoms with Gasteiger partial charge in [0.2, 0.25) is 0 Å². The van der Waals surface area contributed by atoms with Crippen LogP contribution in [0.4, 0.5) is 4.79 Å². The number of methoxy groups -OCH3 is 1. The average molecular weight is 302 g/mol. The maximum Gasteiger partial charge on any atom is 0.326 e. The number of urea groups is 1. The molecule has 0 bridgehead atoms. The van der Waals surface area contributed by atoms with E-state index in [1.807, 2.05) is 13.8 Å². The monoisotopic (exact) mass is 302 g/mol. The Morgan fingerprint density at radius 2 is 1.81 bits per heavy atom. The van der Waals surface area contributed by atoms with Crippen molar-refractivity contribution in [2.75, 3.05) is 13.7 Å². The Balaban J connectivity index is 4.36. The molecule has 0 fully saturated rings. The van der Waals surface area contributed by atoms with Crippen LogP contribution >= 0.6 is 0 Å². The molecule has 0 aliphatic heterocycles. The van der Waals surface area contributed by atoms with E-state index in [4.69, 9.17) is 5.11 Å². The predicted octanol–water partition coefficient (Wildman–Crippen LogP) is 1.37. The summed E-state index contributed by atoms with van der Waals surface area (Å²) in [5.41, 5.74) is -0.0952. The third kappa shape index (κ3) is 7.53. The number of carbonyl (C=O) groups is 3. The van der Waals surface area contributed by atoms with E-state index in [0.717, 1.165) is 0 Å². The Morgan fingerprint density at radius 3 is 2.24 bits per heavy atom. The highest BCUT2D eigenvalue weighted by atomic mass is 16.5. The summed E-state index contributed by atoms with van der Waals surface area (Å²) in [7, 11) is 1.23. The van der Waals surface area contributed by atoms with Gasteiger partial charge in [-0.25, -0.2) is 9.59 Å². The van der Waals surface area contributed by atoms with Crippen molar-refractivity contribution in [3.05, 3.63) is 0 Å². The Morgan fingerprint density at radius 1 is 1.24 bits per heavy atom. The second kappa shape index (κ2) is 8.49. The van der Waals surface area contributed by atoms with Crippen LogP contribution in [-0.2, 0) is 14.3 Å². The van der Waals surface area contributed by atoms with Gasteiger partial charge in [0.25, 0.3) is 0 Å². The Bertz CT molecular complexity index is 380. The van der Waals surface area contributed by atoms with Crippen molar-refractivity contribution in [3.63, 3.8) is 0 Å². The topological polar surface area (TPSA) is 105 Å². The minimum absolute atomic E-state index is 0.0109. The summed E-state index contributed by atoms with van der Waals surface area (Å²) in [5, 5.41) is 14.0. The van der Waals surface area contributed by atoms with E-state index in [2.05, 4.69) is 29.2 Å². The zero-order chi connectivity index (χ0) is 16.6. The molecule has 0 saturated heterocycles. The molecule has 0 spiro atoms. The van der Waals surface area contributed by atoms with E-state index in [1.54, 1.807) is 0 Å². The maximum atomic E-state index is 11.7. The van der Waals surface area contributed by atoms with Crippen LogP contribution in [0.25, 0.3) is 0 Å². The van der Waals surface area contributed by atoms with E-state index in [9.17, 15) is 14.4 Å². The number of hydrogen-bond acceptors (Lipinski definition) is 4. The molecule has 7 heteroatoms. The van der Waals surface area contributed by atoms with Gasteiger partial charge in [-0.2, -0.15) is 0 Å². The standard InChI is InChI=1S/C14H26N2O5/c1-9(2)14(3,4)8-15-13(20)16-10(12(18)19)6-7-11(17)21-5/h9-10H,6-8H2,1-5H3,(H,18,19)(H2,15,16,20)/t10-/m1/s1. The van der Waals surface area contributed by atoms with Crippen molar-refractivity contribution < 1.29 is 24.2 Å². The fourth-order valence-corrected chi connectivity index (χ4v) is 1.34. The van der Waals surface area contributed by atoms with E-state index in [1.165, 1.54) is 7.11 Å². The highest BCUT2D eigenvalue weighted by Crippen LogP contribution is 2.24. The molecule has 2 amide bonds. The molecule has 0 aromatic heterocycles. The number of ether oxygens (including phenoxy) is 1. The highest BCUT2D eigenvalue weighted by molar-refractivity contribution is 5.83. The number of rotatable bonds is 8. The van der Waals surface area contributed by atoms with Gasteiger partial charge < -0.3 is 20.5 Å². The van der Waals surface area contributed by atoms with E-state index in [0.29, 0.717) is 12.5 Å². The first kappa shape index (κ1) is 19.2. The van der Waals surface area contributed by atoms with Gasteiger partial charge in [0.15, 0.2) is 0 Å². The van der Waals surface area contributed by atoms with Gasteiger partial charge in [-0.15, -0.1) is 0 Å². The smallest absolute Gasteiger partial charge is 0.326 e. The second-order valence-corrected chi connectivity index (χ2v) is 5.98. The Hall–Kier alpha value is -1.79. The number of hydrogen-bond donors (Lipinski definition) is 3. The molecular weight excluding hydrogens is 276 g/mol. The van der Waals surface area contributed by atoms with Crippen molar-refractivity contribution in [2.45, 2.75) is 46.6 Å². The number of carbonyl (C=O) groups excluding carboxylic acids is 2. The minimum Gasteiger partial charge on any atom is -0.480 e. The predicted molar refractivity (Wildman–Crippen MR) is 77.8 cm³/mol. The van der Waals surface area contributed by atoms with Crippen molar-refractivity contribution in [2.24, 2.45) is 11.3 Å². The number of nitrogens with one attached hydrogen (secondary N) is 2. The van der Waals surface area contributed by atoms with Gasteiger partial charge >= 0.3 is 18.0 Å². The van der Waals surface area contributed by atoms with Crippen molar-refractivity contribution in [1.29, 1.82) is 0 Å². The van der Waals surface area contributed by atoms with Gasteiger partial charge in [0, 0.05) is 13.0 Å². The third-order valence-corrected chi connectivity index (χ3v) is 3.74. The molecule has 0 aliphatic rings. The zero-order valence-electron chi connectivity index (χ0n) is 13.4. The SMILES string of the molecule is COC(=O)CC[C@@H](NC(=O)NCC(C)(C)C(C)C)C(=O)O. The van der Waals surface area contributed by atoms with Crippen LogP contribution in [0.2, 0.25) is 0 Å². The second-order valence-electron chi connectivity index (χ2n) is 5.98. The van der Waals surface area contributed by atoms with Crippen molar-refractivity contribution in [3.8, 4) is 0 Å². The molecule has 0 unspecified atom stereocenters. The molecule has 0 radical (unpaired) electrons. The van der Waals surface area contributed by atoms with Crippen molar-refractivity contribution in [1.82, 2.24) is 10.6 Å². The molecule has 0 saturated carbocycles. The van der Waals surface area contributed by atoms with Crippen LogP contribution in [0.3, 0.4) is 0 Å². The summed E-state index contributed by atoms with van der Waals surface area (Å²) in [6.45, 7) is 8.57. The average Bonchev–Trinajstić information content (AvgIpc) is 2.40. The summed E-state index contributed by atoms with van der Waals surface area (Å²) in [4.78, 5) is 33.8. The molecule has 3 N–H and O–H groups in total. The number of aliphatic carboxylic acids is 1. The lowest BCUT2D eigenvalue weighted by Gasteiger charge is -2.29. The van der Waals surface area contributed by atoms with Gasteiger partial charge in [-0.05, 0) is 17.8 Å². The number of esters is 1. The fraction of sp³-hybridized carbons (Fsp3) is 0.786. The molecule has 0 rings (SSSR count). The summed E-state index contributed by atoms with van der Waals surface area (Å²) >= 11 is 0. The van der Waals surface area contributed by atoms with E-state index < -0.39 is 24.0 Å². The molecular formula is C14H26N2O5. The summed E-state index contributed by atoms with van der Waals surface area (Å²) in [6.07, 6.45) is -0.0752. The molecule has 1 atom stereocenters. The summed E-state index contributed by atoms with van der Waals surface area (Å²) in [5.74, 6) is -1.33. The molecule has 0 aromatic rings. The van der Waals surface area contributed by atoms with Gasteiger partial charge in [-0.1, -0.05) is 27.7 Å². The van der Waals surface area contributed by atoms with Crippen molar-refractivity contribution >= 4 is 18.0 Å². The lowest BCUT2D eigenvalue weighted by Crippen LogP contribution is -2.48. The number of carboxylic acid groups (broad SMARTS) is 1. The zero-order valence-corrected chi connectivity index (χ0v) is 13.4. The first-order valence-corrected chi connectivity index (χ1v) is 6.94. The van der Waals surface area contributed by atoms with E-state index >= 15 is 0 Å². The molecule has 0 aliphatic carbocycles. The number of carboxylic acids is 1. The lowest BCUT2D eigenvalue weighted by molar-refractivity contribution is -0.142. The minimum atomic E-state index is -1.18. The summed E-state index contributed by atoms with van der Waals surface area (Å²) < 4.78 is 4.44. The quantitative estimate of drug-likeness (QED) is 0.587. The normalized spacial score (nSPS) is 12.7. The van der Waals surface area contributed by atoms with Crippen LogP contribution in [0.1, 0.15) is 40.5 Å². The van der Waals surface area contributed by atoms with E-state index in [-0.39, 0.29) is 18.3 Å². The Labute approximate surface area is 125 Å². The fourth-order valence-electron chi connectivity index (χ4n) is 1.34. The molecule has 21 heavy (non-hydrogen) atoms. The number of amides is 2. The van der Waals surface area contributed by atoms with Crippen LogP contribution < -0.4 is 10.6 Å². The molecule has 0 aromatic carbocycles. The maximum absolute atomic E-state index is 11.7. The van der Waals surface area contributed by atoms with Crippen LogP contribution in [0, 0.1) is 11.3 Å². The molecule has 0 heterocycles. The van der Waals surface area contributed by atoms with Crippen LogP contribution in [-0.4, -0.2) is 42.8 Å².